The van der Waals surface area contributed by atoms with Gasteiger partial charge in [0.2, 0.25) is 10.0 Å². The van der Waals surface area contributed by atoms with Crippen LogP contribution in [0.25, 0.3) is 0 Å². The van der Waals surface area contributed by atoms with Crippen molar-refractivity contribution >= 4 is 16.0 Å². The van der Waals surface area contributed by atoms with Gasteiger partial charge in [-0.05, 0) is 25.1 Å². The third-order valence-electron chi connectivity index (χ3n) is 3.99. The molecule has 1 aromatic carbocycles. The molecule has 0 amide bonds. The molecular weight excluding hydrogens is 332 g/mol. The molecule has 24 heavy (non-hydrogen) atoms. The summed E-state index contributed by atoms with van der Waals surface area (Å²) in [4.78, 5) is 12.7. The number of carboxylic acid groups (broad SMARTS) is 1. The van der Waals surface area contributed by atoms with Crippen LogP contribution in [0, 0.1) is 0 Å². The molecule has 0 saturated carbocycles. The van der Waals surface area contributed by atoms with E-state index >= 15 is 0 Å². The number of morpholine rings is 1. The van der Waals surface area contributed by atoms with E-state index in [-0.39, 0.29) is 19.2 Å². The Hall–Kier alpha value is -1.48. The van der Waals surface area contributed by atoms with Gasteiger partial charge in [0.05, 0.1) is 24.2 Å². The highest BCUT2D eigenvalue weighted by Gasteiger charge is 2.32. The van der Waals surface area contributed by atoms with Crippen LogP contribution in [-0.4, -0.2) is 74.6 Å². The largest absolute Gasteiger partial charge is 0.480 e. The summed E-state index contributed by atoms with van der Waals surface area (Å²) in [6.07, 6.45) is 0.302. The normalized spacial score (nSPS) is 19.5. The van der Waals surface area contributed by atoms with Crippen molar-refractivity contribution < 1.29 is 23.1 Å². The first kappa shape index (κ1) is 18.9. The molecular formula is C16H24N2O5S. The van der Waals surface area contributed by atoms with Crippen LogP contribution in [0.3, 0.4) is 0 Å². The van der Waals surface area contributed by atoms with Gasteiger partial charge in [-0.1, -0.05) is 25.1 Å². The first-order valence-electron chi connectivity index (χ1n) is 7.94. The first-order chi connectivity index (χ1) is 11.3. The minimum Gasteiger partial charge on any atom is -0.480 e. The summed E-state index contributed by atoms with van der Waals surface area (Å²) in [6.45, 7) is 3.03. The molecule has 0 aliphatic carbocycles. The van der Waals surface area contributed by atoms with E-state index in [0.717, 1.165) is 5.56 Å². The Morgan fingerprint density at radius 1 is 1.42 bits per heavy atom. The quantitative estimate of drug-likeness (QED) is 0.772. The lowest BCUT2D eigenvalue weighted by Crippen LogP contribution is -2.49. The van der Waals surface area contributed by atoms with Gasteiger partial charge in [0, 0.05) is 19.6 Å². The lowest BCUT2D eigenvalue weighted by molar-refractivity contribution is -0.138. The van der Waals surface area contributed by atoms with Gasteiger partial charge in [-0.25, -0.2) is 8.42 Å². The van der Waals surface area contributed by atoms with Gasteiger partial charge < -0.3 is 9.84 Å². The number of carbonyl (C=O) groups is 1. The van der Waals surface area contributed by atoms with Gasteiger partial charge in [0.15, 0.2) is 0 Å². The molecule has 8 heteroatoms. The Bertz CT molecular complexity index is 677. The number of aryl methyl sites for hydroxylation is 1. The smallest absolute Gasteiger partial charge is 0.317 e. The molecule has 1 saturated heterocycles. The summed E-state index contributed by atoms with van der Waals surface area (Å²) < 4.78 is 32.9. The molecule has 1 unspecified atom stereocenters. The lowest BCUT2D eigenvalue weighted by Gasteiger charge is -2.34. The second-order valence-corrected chi connectivity index (χ2v) is 7.81. The maximum absolute atomic E-state index is 12.9. The molecule has 134 valence electrons. The van der Waals surface area contributed by atoms with Gasteiger partial charge in [-0.2, -0.15) is 4.31 Å². The third-order valence-corrected chi connectivity index (χ3v) is 5.96. The number of carboxylic acids is 1. The van der Waals surface area contributed by atoms with Gasteiger partial charge in [-0.15, -0.1) is 0 Å². The SMILES string of the molecule is CCc1ccccc1S(=O)(=O)N1CCOC(CN(C)CC(=O)O)C1. The van der Waals surface area contributed by atoms with Crippen molar-refractivity contribution in [1.29, 1.82) is 0 Å². The summed E-state index contributed by atoms with van der Waals surface area (Å²) in [5.41, 5.74) is 0.795. The molecule has 1 N–H and O–H groups in total. The summed E-state index contributed by atoms with van der Waals surface area (Å²) >= 11 is 0. The number of sulfonamides is 1. The number of ether oxygens (including phenoxy) is 1. The number of benzene rings is 1. The Kier molecular flexibility index (Phi) is 6.34. The monoisotopic (exact) mass is 356 g/mol. The fourth-order valence-corrected chi connectivity index (χ4v) is 4.60. The lowest BCUT2D eigenvalue weighted by atomic mass is 10.2. The van der Waals surface area contributed by atoms with Gasteiger partial charge in [-0.3, -0.25) is 9.69 Å². The molecule has 1 heterocycles. The zero-order chi connectivity index (χ0) is 17.7. The molecule has 0 bridgehead atoms. The number of nitrogens with zero attached hydrogens (tertiary/aromatic N) is 2. The van der Waals surface area contributed by atoms with Crippen molar-refractivity contribution in [1.82, 2.24) is 9.21 Å². The molecule has 1 aliphatic heterocycles. The molecule has 1 aromatic rings. The maximum Gasteiger partial charge on any atom is 0.317 e. The van der Waals surface area contributed by atoms with E-state index in [1.807, 2.05) is 19.1 Å². The summed E-state index contributed by atoms with van der Waals surface area (Å²) in [6, 6.07) is 7.02. The van der Waals surface area contributed by atoms with Crippen LogP contribution in [-0.2, 0) is 26.0 Å². The number of rotatable bonds is 7. The second-order valence-electron chi connectivity index (χ2n) is 5.91. The topological polar surface area (TPSA) is 87.2 Å². The van der Waals surface area contributed by atoms with E-state index in [9.17, 15) is 13.2 Å². The van der Waals surface area contributed by atoms with Crippen molar-refractivity contribution in [3.63, 3.8) is 0 Å². The highest BCUT2D eigenvalue weighted by molar-refractivity contribution is 7.89. The zero-order valence-corrected chi connectivity index (χ0v) is 14.8. The Morgan fingerprint density at radius 2 is 2.12 bits per heavy atom. The van der Waals surface area contributed by atoms with E-state index < -0.39 is 16.0 Å². The van der Waals surface area contributed by atoms with E-state index in [4.69, 9.17) is 9.84 Å². The predicted octanol–water partition coefficient (Wildman–Crippen LogP) is 0.655. The second kappa shape index (κ2) is 8.06. The predicted molar refractivity (Wildman–Crippen MR) is 89.5 cm³/mol. The summed E-state index contributed by atoms with van der Waals surface area (Å²) in [7, 11) is -1.90. The van der Waals surface area contributed by atoms with Gasteiger partial charge in [0.1, 0.15) is 0 Å². The van der Waals surface area contributed by atoms with Crippen molar-refractivity contribution in [2.75, 3.05) is 39.8 Å². The van der Waals surface area contributed by atoms with E-state index in [2.05, 4.69) is 0 Å². The van der Waals surface area contributed by atoms with Crippen molar-refractivity contribution in [2.24, 2.45) is 0 Å². The molecule has 1 atom stereocenters. The summed E-state index contributed by atoms with van der Waals surface area (Å²) in [5.74, 6) is -0.922. The van der Waals surface area contributed by atoms with Crippen LogP contribution in [0.1, 0.15) is 12.5 Å². The number of hydrogen-bond donors (Lipinski definition) is 1. The highest BCUT2D eigenvalue weighted by Crippen LogP contribution is 2.22. The van der Waals surface area contributed by atoms with Gasteiger partial charge in [0.25, 0.3) is 0 Å². The molecule has 1 aliphatic rings. The van der Waals surface area contributed by atoms with Crippen LogP contribution >= 0.6 is 0 Å². The number of aliphatic carboxylic acids is 1. The Labute approximate surface area is 142 Å². The van der Waals surface area contributed by atoms with Crippen molar-refractivity contribution in [3.05, 3.63) is 29.8 Å². The summed E-state index contributed by atoms with van der Waals surface area (Å²) in [5, 5.41) is 8.81. The third kappa shape index (κ3) is 4.54. The van der Waals surface area contributed by atoms with Crippen LogP contribution in [0.4, 0.5) is 0 Å². The number of likely N-dealkylation sites (N-methyl/N-ethyl adjacent to an activating group) is 1. The van der Waals surface area contributed by atoms with Crippen LogP contribution < -0.4 is 0 Å². The minimum absolute atomic E-state index is 0.106. The Balaban J connectivity index is 2.12. The van der Waals surface area contributed by atoms with E-state index in [1.54, 1.807) is 24.1 Å². The average Bonchev–Trinajstić information content (AvgIpc) is 2.54. The van der Waals surface area contributed by atoms with Crippen LogP contribution in [0.15, 0.2) is 29.2 Å². The molecule has 1 fully saturated rings. The van der Waals surface area contributed by atoms with Gasteiger partial charge >= 0.3 is 5.97 Å². The fraction of sp³-hybridized carbons (Fsp3) is 0.562. The van der Waals surface area contributed by atoms with Crippen LogP contribution in [0.2, 0.25) is 0 Å². The molecule has 0 spiro atoms. The Morgan fingerprint density at radius 3 is 2.79 bits per heavy atom. The fourth-order valence-electron chi connectivity index (χ4n) is 2.85. The average molecular weight is 356 g/mol. The van der Waals surface area contributed by atoms with E-state index in [0.29, 0.717) is 31.0 Å². The molecule has 0 radical (unpaired) electrons. The highest BCUT2D eigenvalue weighted by atomic mass is 32.2. The minimum atomic E-state index is -3.58. The van der Waals surface area contributed by atoms with E-state index in [1.165, 1.54) is 4.31 Å². The molecule has 2 rings (SSSR count). The molecule has 0 aromatic heterocycles. The van der Waals surface area contributed by atoms with Crippen molar-refractivity contribution in [2.45, 2.75) is 24.3 Å². The number of hydrogen-bond acceptors (Lipinski definition) is 5. The maximum atomic E-state index is 12.9. The van der Waals surface area contributed by atoms with Crippen LogP contribution in [0.5, 0.6) is 0 Å². The molecule has 7 nitrogen and oxygen atoms in total. The van der Waals surface area contributed by atoms with Crippen molar-refractivity contribution in [3.8, 4) is 0 Å². The first-order valence-corrected chi connectivity index (χ1v) is 9.38. The standard InChI is InChI=1S/C16H24N2O5S/c1-3-13-6-4-5-7-15(13)24(21,22)18-8-9-23-14(11-18)10-17(2)12-16(19)20/h4-7,14H,3,8-12H2,1-2H3,(H,19,20). The zero-order valence-electron chi connectivity index (χ0n) is 14.0.